The van der Waals surface area contributed by atoms with Crippen LogP contribution >= 0.6 is 0 Å². The first kappa shape index (κ1) is 26.7. The number of fused-ring (bicyclic) bond motifs is 1. The van der Waals surface area contributed by atoms with E-state index in [1.165, 1.54) is 25.1 Å². The number of hydrogen-bond acceptors (Lipinski definition) is 9. The molecule has 1 aromatic carbocycles. The topological polar surface area (TPSA) is 136 Å². The minimum Gasteiger partial charge on any atom is -0.497 e. The highest BCUT2D eigenvalue weighted by Crippen LogP contribution is 2.28. The molecular formula is C26H31N5O7. The summed E-state index contributed by atoms with van der Waals surface area (Å²) in [6, 6.07) is 6.65. The highest BCUT2D eigenvalue weighted by molar-refractivity contribution is 6.07. The van der Waals surface area contributed by atoms with Gasteiger partial charge in [-0.15, -0.1) is 0 Å². The molecule has 12 heteroatoms. The molecule has 1 aliphatic heterocycles. The lowest BCUT2D eigenvalue weighted by Gasteiger charge is -2.36. The van der Waals surface area contributed by atoms with Crippen LogP contribution in [0.25, 0.3) is 11.0 Å². The quantitative estimate of drug-likeness (QED) is 0.380. The lowest BCUT2D eigenvalue weighted by atomic mass is 10.1. The molecule has 0 atom stereocenters. The second-order valence-corrected chi connectivity index (χ2v) is 9.85. The Kier molecular flexibility index (Phi) is 7.42. The zero-order valence-electron chi connectivity index (χ0n) is 22.1. The van der Waals surface area contributed by atoms with Gasteiger partial charge in [0.15, 0.2) is 5.78 Å². The van der Waals surface area contributed by atoms with Crippen molar-refractivity contribution in [3.05, 3.63) is 52.1 Å². The molecule has 202 valence electrons. The minimum absolute atomic E-state index is 0.0796. The predicted molar refractivity (Wildman–Crippen MR) is 139 cm³/mol. The summed E-state index contributed by atoms with van der Waals surface area (Å²) in [6.07, 6.45) is 0.833. The number of benzene rings is 1. The van der Waals surface area contributed by atoms with Crippen LogP contribution in [0.4, 0.5) is 10.6 Å². The molecule has 0 bridgehead atoms. The Balaban J connectivity index is 1.62. The number of H-pyrrole nitrogens is 1. The van der Waals surface area contributed by atoms with E-state index in [9.17, 15) is 19.2 Å². The third-order valence-electron chi connectivity index (χ3n) is 6.10. The zero-order valence-corrected chi connectivity index (χ0v) is 22.1. The Morgan fingerprint density at radius 3 is 2.42 bits per heavy atom. The third kappa shape index (κ3) is 5.48. The van der Waals surface area contributed by atoms with E-state index in [4.69, 9.17) is 14.2 Å². The zero-order chi connectivity index (χ0) is 27.6. The van der Waals surface area contributed by atoms with E-state index in [2.05, 4.69) is 9.97 Å². The van der Waals surface area contributed by atoms with Crippen LogP contribution in [-0.2, 0) is 16.0 Å². The second kappa shape index (κ2) is 10.6. The molecule has 2 aromatic heterocycles. The number of carbonyl (C=O) groups excluding carboxylic acids is 3. The first-order valence-corrected chi connectivity index (χ1v) is 12.1. The molecule has 38 heavy (non-hydrogen) atoms. The van der Waals surface area contributed by atoms with Gasteiger partial charge >= 0.3 is 12.1 Å². The van der Waals surface area contributed by atoms with E-state index in [0.717, 1.165) is 0 Å². The predicted octanol–water partition coefficient (Wildman–Crippen LogP) is 2.46. The first-order chi connectivity index (χ1) is 18.0. The van der Waals surface area contributed by atoms with E-state index in [1.807, 2.05) is 4.90 Å². The summed E-state index contributed by atoms with van der Waals surface area (Å²) in [5.74, 6) is -0.0549. The Morgan fingerprint density at radius 2 is 1.79 bits per heavy atom. The number of Topliss-reactive ketones (excluding diaryl/α,β-unsaturated/α-hetero) is 1. The second-order valence-electron chi connectivity index (χ2n) is 9.85. The Hall–Kier alpha value is -4.35. The molecule has 3 aromatic rings. The summed E-state index contributed by atoms with van der Waals surface area (Å²) in [6.45, 7) is 6.66. The van der Waals surface area contributed by atoms with E-state index >= 15 is 0 Å². The number of ether oxygens (including phenoxy) is 3. The van der Waals surface area contributed by atoms with Gasteiger partial charge in [-0.2, -0.15) is 0 Å². The Morgan fingerprint density at radius 1 is 1.08 bits per heavy atom. The number of amides is 1. The van der Waals surface area contributed by atoms with Crippen LogP contribution < -0.4 is 15.2 Å². The average molecular weight is 526 g/mol. The molecule has 0 saturated carbocycles. The standard InChI is InChI=1S/C26H31N5O7/c1-26(2,3)38-25(35)30-11-9-29(10-12-30)22-19(24(34)37-5)20-21(28-22)23(33)31(15-27-20)14-18(32)16-7-6-8-17(13-16)36-4/h6-8,13,15,28H,9-12,14H2,1-5H3. The van der Waals surface area contributed by atoms with E-state index in [0.29, 0.717) is 43.3 Å². The van der Waals surface area contributed by atoms with Crippen LogP contribution in [0.5, 0.6) is 5.75 Å². The van der Waals surface area contributed by atoms with Crippen LogP contribution in [0.2, 0.25) is 0 Å². The van der Waals surface area contributed by atoms with Crippen molar-refractivity contribution in [1.29, 1.82) is 0 Å². The maximum Gasteiger partial charge on any atom is 0.410 e. The molecule has 1 aliphatic rings. The van der Waals surface area contributed by atoms with Crippen molar-refractivity contribution in [1.82, 2.24) is 19.4 Å². The molecule has 1 fully saturated rings. The van der Waals surface area contributed by atoms with Crippen LogP contribution in [0.3, 0.4) is 0 Å². The summed E-state index contributed by atoms with van der Waals surface area (Å²) in [5.41, 5.74) is -0.371. The smallest absolute Gasteiger partial charge is 0.410 e. The molecular weight excluding hydrogens is 494 g/mol. The number of nitrogens with zero attached hydrogens (tertiary/aromatic N) is 4. The summed E-state index contributed by atoms with van der Waals surface area (Å²) < 4.78 is 16.8. The van der Waals surface area contributed by atoms with Crippen molar-refractivity contribution in [2.24, 2.45) is 0 Å². The van der Waals surface area contributed by atoms with Gasteiger partial charge in [0, 0.05) is 31.7 Å². The first-order valence-electron chi connectivity index (χ1n) is 12.1. The highest BCUT2D eigenvalue weighted by Gasteiger charge is 2.31. The Labute approximate surface area is 219 Å². The van der Waals surface area contributed by atoms with Gasteiger partial charge in [-0.05, 0) is 32.9 Å². The third-order valence-corrected chi connectivity index (χ3v) is 6.10. The van der Waals surface area contributed by atoms with Gasteiger partial charge in [0.1, 0.15) is 33.8 Å². The summed E-state index contributed by atoms with van der Waals surface area (Å²) in [5, 5.41) is 0. The van der Waals surface area contributed by atoms with Crippen LogP contribution in [-0.4, -0.2) is 83.3 Å². The fraction of sp³-hybridized carbons (Fsp3) is 0.423. The maximum atomic E-state index is 13.3. The van der Waals surface area contributed by atoms with E-state index < -0.39 is 23.2 Å². The molecule has 0 spiro atoms. The van der Waals surface area contributed by atoms with Crippen LogP contribution in [0.1, 0.15) is 41.5 Å². The molecule has 0 aliphatic carbocycles. The molecule has 0 radical (unpaired) electrons. The fourth-order valence-corrected chi connectivity index (χ4v) is 4.21. The van der Waals surface area contributed by atoms with Gasteiger partial charge in [-0.25, -0.2) is 14.6 Å². The van der Waals surface area contributed by atoms with Crippen molar-refractivity contribution >= 4 is 34.7 Å². The number of ketones is 1. The van der Waals surface area contributed by atoms with Gasteiger partial charge in [0.2, 0.25) is 0 Å². The number of carbonyl (C=O) groups is 3. The molecule has 1 amide bonds. The molecule has 3 heterocycles. The highest BCUT2D eigenvalue weighted by atomic mass is 16.6. The summed E-state index contributed by atoms with van der Waals surface area (Å²) in [7, 11) is 2.75. The minimum atomic E-state index is -0.655. The molecule has 4 rings (SSSR count). The Bertz CT molecular complexity index is 1430. The van der Waals surface area contributed by atoms with Crippen molar-refractivity contribution in [3.63, 3.8) is 0 Å². The maximum absolute atomic E-state index is 13.3. The molecule has 1 saturated heterocycles. The SMILES string of the molecule is COC(=O)c1c(N2CCN(C(=O)OC(C)(C)C)CC2)[nH]c2c(=O)n(CC(=O)c3cccc(OC)c3)cnc12. The lowest BCUT2D eigenvalue weighted by molar-refractivity contribution is 0.0239. The number of nitrogens with one attached hydrogen (secondary N) is 1. The van der Waals surface area contributed by atoms with Crippen molar-refractivity contribution in [2.45, 2.75) is 32.9 Å². The van der Waals surface area contributed by atoms with Gasteiger partial charge in [-0.1, -0.05) is 12.1 Å². The fourth-order valence-electron chi connectivity index (χ4n) is 4.21. The van der Waals surface area contributed by atoms with Crippen molar-refractivity contribution in [3.8, 4) is 5.75 Å². The number of hydrogen-bond donors (Lipinski definition) is 1. The normalized spacial score (nSPS) is 13.9. The van der Waals surface area contributed by atoms with Crippen LogP contribution in [0.15, 0.2) is 35.4 Å². The molecule has 12 nitrogen and oxygen atoms in total. The van der Waals surface area contributed by atoms with Crippen LogP contribution in [0, 0.1) is 0 Å². The van der Waals surface area contributed by atoms with Gasteiger partial charge in [-0.3, -0.25) is 14.2 Å². The van der Waals surface area contributed by atoms with Crippen molar-refractivity contribution in [2.75, 3.05) is 45.3 Å². The number of methoxy groups -OCH3 is 2. The number of esters is 1. The van der Waals surface area contributed by atoms with E-state index in [-0.39, 0.29) is 28.9 Å². The largest absolute Gasteiger partial charge is 0.497 e. The number of aromatic nitrogens is 3. The number of aromatic amines is 1. The average Bonchev–Trinajstić information content (AvgIpc) is 3.29. The van der Waals surface area contributed by atoms with Gasteiger partial charge in [0.25, 0.3) is 5.56 Å². The van der Waals surface area contributed by atoms with Gasteiger partial charge < -0.3 is 29.0 Å². The summed E-state index contributed by atoms with van der Waals surface area (Å²) >= 11 is 0. The number of rotatable bonds is 6. The molecule has 1 N–H and O–H groups in total. The van der Waals surface area contributed by atoms with Crippen molar-refractivity contribution < 1.29 is 28.6 Å². The molecule has 0 unspecified atom stereocenters. The monoisotopic (exact) mass is 525 g/mol. The number of anilines is 1. The summed E-state index contributed by atoms with van der Waals surface area (Å²) in [4.78, 5) is 62.2. The van der Waals surface area contributed by atoms with Gasteiger partial charge in [0.05, 0.1) is 27.1 Å². The lowest BCUT2D eigenvalue weighted by Crippen LogP contribution is -2.50. The number of piperazine rings is 1. The van der Waals surface area contributed by atoms with E-state index in [1.54, 1.807) is 49.9 Å².